The van der Waals surface area contributed by atoms with E-state index in [-0.39, 0.29) is 24.2 Å². The lowest BCUT2D eigenvalue weighted by molar-refractivity contribution is -0.121. The summed E-state index contributed by atoms with van der Waals surface area (Å²) in [5, 5.41) is 8.08. The Bertz CT molecular complexity index is 1080. The molecule has 0 saturated carbocycles. The van der Waals surface area contributed by atoms with E-state index in [0.717, 1.165) is 21.1 Å². The van der Waals surface area contributed by atoms with E-state index in [1.807, 2.05) is 53.2 Å². The van der Waals surface area contributed by atoms with E-state index in [2.05, 4.69) is 5.32 Å². The van der Waals surface area contributed by atoms with Crippen LogP contribution in [0.2, 0.25) is 0 Å². The van der Waals surface area contributed by atoms with Crippen molar-refractivity contribution >= 4 is 28.6 Å². The number of nitrogens with one attached hydrogen (secondary N) is 1. The van der Waals surface area contributed by atoms with Gasteiger partial charge in [0.05, 0.1) is 23.0 Å². The summed E-state index contributed by atoms with van der Waals surface area (Å²) in [6, 6.07) is 20.0. The van der Waals surface area contributed by atoms with Gasteiger partial charge >= 0.3 is 0 Å². The summed E-state index contributed by atoms with van der Waals surface area (Å²) in [4.78, 5) is 18.6. The minimum Gasteiger partial charge on any atom is -0.347 e. The number of thiazole rings is 1. The fraction of sp³-hybridized carbons (Fsp3) is 0.130. The molecule has 0 unspecified atom stereocenters. The molecule has 4 rings (SSSR count). The summed E-state index contributed by atoms with van der Waals surface area (Å²) in [5.41, 5.74) is 2.61. The molecule has 1 atom stereocenters. The Kier molecular flexibility index (Phi) is 6.12. The molecule has 2 heterocycles. The SMILES string of the molecule is O=C(Cc1cccc(F)c1)N[C@@H](Cc1ccccc1)c1csc(-c2cccs2)n1. The number of hydrogen-bond acceptors (Lipinski definition) is 4. The topological polar surface area (TPSA) is 42.0 Å². The van der Waals surface area contributed by atoms with E-state index in [9.17, 15) is 9.18 Å². The molecular formula is C23H19FN2OS2. The van der Waals surface area contributed by atoms with Crippen molar-refractivity contribution in [1.29, 1.82) is 0 Å². The Morgan fingerprint density at radius 3 is 2.59 bits per heavy atom. The lowest BCUT2D eigenvalue weighted by Gasteiger charge is -2.17. The second-order valence-corrected chi connectivity index (χ2v) is 8.48. The first-order valence-electron chi connectivity index (χ1n) is 9.24. The molecule has 1 amide bonds. The highest BCUT2D eigenvalue weighted by Crippen LogP contribution is 2.30. The number of hydrogen-bond donors (Lipinski definition) is 1. The molecule has 0 saturated heterocycles. The zero-order chi connectivity index (χ0) is 20.1. The standard InChI is InChI=1S/C23H19FN2OS2/c24-18-9-4-8-17(12-18)14-22(27)25-19(13-16-6-2-1-3-7-16)20-15-29-23(26-20)21-10-5-11-28-21/h1-12,15,19H,13-14H2,(H,25,27)/t19-/m0/s1. The molecule has 1 N–H and O–H groups in total. The van der Waals surface area contributed by atoms with Gasteiger partial charge in [-0.05, 0) is 41.1 Å². The Hall–Kier alpha value is -2.83. The van der Waals surface area contributed by atoms with Crippen LogP contribution in [0.1, 0.15) is 22.9 Å². The van der Waals surface area contributed by atoms with Gasteiger partial charge < -0.3 is 5.32 Å². The maximum Gasteiger partial charge on any atom is 0.224 e. The fourth-order valence-corrected chi connectivity index (χ4v) is 4.80. The smallest absolute Gasteiger partial charge is 0.224 e. The summed E-state index contributed by atoms with van der Waals surface area (Å²) in [6.07, 6.45) is 0.772. The molecule has 2 aromatic heterocycles. The fourth-order valence-electron chi connectivity index (χ4n) is 3.12. The van der Waals surface area contributed by atoms with Crippen LogP contribution in [0.5, 0.6) is 0 Å². The van der Waals surface area contributed by atoms with Crippen LogP contribution in [0.3, 0.4) is 0 Å². The lowest BCUT2D eigenvalue weighted by atomic mass is 10.0. The highest BCUT2D eigenvalue weighted by Gasteiger charge is 2.19. The van der Waals surface area contributed by atoms with Crippen molar-refractivity contribution in [3.63, 3.8) is 0 Å². The third kappa shape index (κ3) is 5.16. The number of carbonyl (C=O) groups is 1. The van der Waals surface area contributed by atoms with Gasteiger partial charge in [0.15, 0.2) is 0 Å². The molecule has 146 valence electrons. The van der Waals surface area contributed by atoms with Crippen molar-refractivity contribution in [2.24, 2.45) is 0 Å². The van der Waals surface area contributed by atoms with E-state index < -0.39 is 0 Å². The van der Waals surface area contributed by atoms with Crippen LogP contribution < -0.4 is 5.32 Å². The zero-order valence-electron chi connectivity index (χ0n) is 15.5. The number of benzene rings is 2. The predicted molar refractivity (Wildman–Crippen MR) is 117 cm³/mol. The Labute approximate surface area is 176 Å². The zero-order valence-corrected chi connectivity index (χ0v) is 17.2. The number of thiophene rings is 1. The summed E-state index contributed by atoms with van der Waals surface area (Å²) in [6.45, 7) is 0. The molecule has 0 bridgehead atoms. The average molecular weight is 423 g/mol. The van der Waals surface area contributed by atoms with Crippen LogP contribution in [0.25, 0.3) is 9.88 Å². The van der Waals surface area contributed by atoms with Crippen LogP contribution >= 0.6 is 22.7 Å². The maximum absolute atomic E-state index is 13.4. The van der Waals surface area contributed by atoms with E-state index >= 15 is 0 Å². The Balaban J connectivity index is 1.54. The number of rotatable bonds is 7. The quantitative estimate of drug-likeness (QED) is 0.418. The van der Waals surface area contributed by atoms with E-state index in [1.54, 1.807) is 34.8 Å². The van der Waals surface area contributed by atoms with Crippen LogP contribution in [0.15, 0.2) is 77.5 Å². The van der Waals surface area contributed by atoms with Gasteiger partial charge in [-0.1, -0.05) is 48.5 Å². The van der Waals surface area contributed by atoms with E-state index in [1.165, 1.54) is 12.1 Å². The second kappa shape index (κ2) is 9.11. The molecule has 4 aromatic rings. The second-order valence-electron chi connectivity index (χ2n) is 6.67. The van der Waals surface area contributed by atoms with E-state index in [4.69, 9.17) is 4.98 Å². The van der Waals surface area contributed by atoms with Crippen molar-refractivity contribution in [2.45, 2.75) is 18.9 Å². The molecular weight excluding hydrogens is 403 g/mol. The number of carbonyl (C=O) groups excluding carboxylic acids is 1. The van der Waals surface area contributed by atoms with Crippen molar-refractivity contribution < 1.29 is 9.18 Å². The van der Waals surface area contributed by atoms with Gasteiger partial charge in [0, 0.05) is 5.38 Å². The Morgan fingerprint density at radius 2 is 1.83 bits per heavy atom. The van der Waals surface area contributed by atoms with Crippen LogP contribution in [-0.2, 0) is 17.6 Å². The highest BCUT2D eigenvalue weighted by atomic mass is 32.1. The summed E-state index contributed by atoms with van der Waals surface area (Å²) in [7, 11) is 0. The normalized spacial score (nSPS) is 11.9. The van der Waals surface area contributed by atoms with Crippen LogP contribution in [0.4, 0.5) is 4.39 Å². The minimum atomic E-state index is -0.337. The molecule has 0 spiro atoms. The summed E-state index contributed by atoms with van der Waals surface area (Å²) in [5.74, 6) is -0.488. The first-order valence-corrected chi connectivity index (χ1v) is 11.0. The van der Waals surface area contributed by atoms with Crippen molar-refractivity contribution in [3.8, 4) is 9.88 Å². The highest BCUT2D eigenvalue weighted by molar-refractivity contribution is 7.20. The molecule has 2 aromatic carbocycles. The summed E-state index contributed by atoms with van der Waals surface area (Å²) >= 11 is 3.22. The van der Waals surface area contributed by atoms with E-state index in [0.29, 0.717) is 12.0 Å². The third-order valence-corrected chi connectivity index (χ3v) is 6.38. The molecule has 29 heavy (non-hydrogen) atoms. The summed E-state index contributed by atoms with van der Waals surface area (Å²) < 4.78 is 13.4. The number of amides is 1. The third-order valence-electron chi connectivity index (χ3n) is 4.48. The van der Waals surface area contributed by atoms with Crippen LogP contribution in [-0.4, -0.2) is 10.9 Å². The number of aromatic nitrogens is 1. The van der Waals surface area contributed by atoms with Crippen molar-refractivity contribution in [2.75, 3.05) is 0 Å². The van der Waals surface area contributed by atoms with Gasteiger partial charge in [-0.15, -0.1) is 22.7 Å². The lowest BCUT2D eigenvalue weighted by Crippen LogP contribution is -2.31. The van der Waals surface area contributed by atoms with Gasteiger partial charge in [0.2, 0.25) is 5.91 Å². The first-order chi connectivity index (χ1) is 14.2. The van der Waals surface area contributed by atoms with Crippen LogP contribution in [0, 0.1) is 5.82 Å². The van der Waals surface area contributed by atoms with Gasteiger partial charge in [-0.2, -0.15) is 0 Å². The maximum atomic E-state index is 13.4. The first kappa shape index (κ1) is 19.5. The predicted octanol–water partition coefficient (Wildman–Crippen LogP) is 5.65. The van der Waals surface area contributed by atoms with Gasteiger partial charge in [-0.25, -0.2) is 9.37 Å². The van der Waals surface area contributed by atoms with Crippen molar-refractivity contribution in [3.05, 3.63) is 100 Å². The molecule has 0 radical (unpaired) electrons. The molecule has 0 aliphatic carbocycles. The molecule has 0 aliphatic rings. The van der Waals surface area contributed by atoms with Gasteiger partial charge in [0.25, 0.3) is 0 Å². The molecule has 0 fully saturated rings. The number of halogens is 1. The molecule has 0 aliphatic heterocycles. The Morgan fingerprint density at radius 1 is 1.00 bits per heavy atom. The minimum absolute atomic E-state index is 0.130. The average Bonchev–Trinajstić information content (AvgIpc) is 3.40. The molecule has 6 heteroatoms. The van der Waals surface area contributed by atoms with Gasteiger partial charge in [0.1, 0.15) is 10.8 Å². The number of nitrogens with zero attached hydrogens (tertiary/aromatic N) is 1. The monoisotopic (exact) mass is 422 g/mol. The molecule has 3 nitrogen and oxygen atoms in total. The van der Waals surface area contributed by atoms with Gasteiger partial charge in [-0.3, -0.25) is 4.79 Å². The largest absolute Gasteiger partial charge is 0.347 e. The van der Waals surface area contributed by atoms with Crippen molar-refractivity contribution in [1.82, 2.24) is 10.3 Å².